The van der Waals surface area contributed by atoms with E-state index in [2.05, 4.69) is 0 Å². The van der Waals surface area contributed by atoms with Gasteiger partial charge in [0, 0.05) is 11.6 Å². The van der Waals surface area contributed by atoms with Crippen molar-refractivity contribution in [2.45, 2.75) is 13.0 Å². The summed E-state index contributed by atoms with van der Waals surface area (Å²) < 4.78 is 37.4. The molecule has 0 aliphatic carbocycles. The summed E-state index contributed by atoms with van der Waals surface area (Å²) in [6.07, 6.45) is 2.36. The SMILES string of the molecule is COC(=O)c1cn(C(=O)C(C)N(c2ccc(OC)c(Cl)c2)S(C)(=O)=O)c2ccccc12. The zero-order chi connectivity index (χ0) is 22.9. The third-order valence-electron chi connectivity index (χ3n) is 4.81. The van der Waals surface area contributed by atoms with Gasteiger partial charge < -0.3 is 9.47 Å². The Morgan fingerprint density at radius 2 is 1.81 bits per heavy atom. The summed E-state index contributed by atoms with van der Waals surface area (Å²) in [6.45, 7) is 1.47. The Balaban J connectivity index is 2.12. The van der Waals surface area contributed by atoms with Gasteiger partial charge in [0.1, 0.15) is 11.8 Å². The number of esters is 1. The summed E-state index contributed by atoms with van der Waals surface area (Å²) in [5, 5.41) is 0.723. The van der Waals surface area contributed by atoms with E-state index in [-0.39, 0.29) is 16.3 Å². The van der Waals surface area contributed by atoms with Gasteiger partial charge in [-0.15, -0.1) is 0 Å². The highest BCUT2D eigenvalue weighted by atomic mass is 35.5. The van der Waals surface area contributed by atoms with Crippen LogP contribution in [-0.4, -0.2) is 51.4 Å². The molecular formula is C21H21ClN2O6S. The lowest BCUT2D eigenvalue weighted by Gasteiger charge is -2.28. The van der Waals surface area contributed by atoms with Crippen LogP contribution in [0.3, 0.4) is 0 Å². The number of halogens is 1. The van der Waals surface area contributed by atoms with Gasteiger partial charge in [-0.1, -0.05) is 29.8 Å². The molecule has 164 valence electrons. The van der Waals surface area contributed by atoms with E-state index in [9.17, 15) is 18.0 Å². The number of methoxy groups -OCH3 is 2. The maximum atomic E-state index is 13.4. The Labute approximate surface area is 185 Å². The lowest BCUT2D eigenvalue weighted by Crippen LogP contribution is -2.44. The summed E-state index contributed by atoms with van der Waals surface area (Å²) >= 11 is 6.17. The molecule has 1 unspecified atom stereocenters. The average molecular weight is 465 g/mol. The monoisotopic (exact) mass is 464 g/mol. The minimum Gasteiger partial charge on any atom is -0.495 e. The van der Waals surface area contributed by atoms with Crippen LogP contribution in [0.5, 0.6) is 5.75 Å². The number of hydrogen-bond acceptors (Lipinski definition) is 6. The minimum atomic E-state index is -3.87. The maximum Gasteiger partial charge on any atom is 0.340 e. The van der Waals surface area contributed by atoms with Crippen LogP contribution >= 0.6 is 11.6 Å². The number of carbonyl (C=O) groups excluding carboxylic acids is 2. The average Bonchev–Trinajstić information content (AvgIpc) is 3.11. The maximum absolute atomic E-state index is 13.4. The van der Waals surface area contributed by atoms with Gasteiger partial charge in [0.25, 0.3) is 5.91 Å². The van der Waals surface area contributed by atoms with E-state index >= 15 is 0 Å². The van der Waals surface area contributed by atoms with Gasteiger partial charge >= 0.3 is 5.97 Å². The topological polar surface area (TPSA) is 94.9 Å². The molecule has 0 fully saturated rings. The number of ether oxygens (including phenoxy) is 2. The van der Waals surface area contributed by atoms with Crippen LogP contribution in [0.4, 0.5) is 5.69 Å². The van der Waals surface area contributed by atoms with Crippen molar-refractivity contribution in [3.8, 4) is 5.75 Å². The zero-order valence-corrected chi connectivity index (χ0v) is 18.9. The van der Waals surface area contributed by atoms with E-state index in [0.717, 1.165) is 10.6 Å². The van der Waals surface area contributed by atoms with Crippen LogP contribution in [0.1, 0.15) is 22.1 Å². The number of nitrogens with zero attached hydrogens (tertiary/aromatic N) is 2. The van der Waals surface area contributed by atoms with Crippen LogP contribution < -0.4 is 9.04 Å². The molecule has 0 saturated carbocycles. The van der Waals surface area contributed by atoms with Crippen LogP contribution in [0, 0.1) is 0 Å². The molecule has 2 aromatic carbocycles. The smallest absolute Gasteiger partial charge is 0.340 e. The molecule has 8 nitrogen and oxygen atoms in total. The normalized spacial score (nSPS) is 12.4. The second-order valence-corrected chi connectivity index (χ2v) is 9.08. The third-order valence-corrected chi connectivity index (χ3v) is 6.35. The van der Waals surface area contributed by atoms with E-state index in [4.69, 9.17) is 21.1 Å². The lowest BCUT2D eigenvalue weighted by atomic mass is 10.2. The Hall–Kier alpha value is -3.04. The van der Waals surface area contributed by atoms with E-state index in [0.29, 0.717) is 16.7 Å². The van der Waals surface area contributed by atoms with E-state index < -0.39 is 27.9 Å². The molecule has 1 aromatic heterocycles. The summed E-state index contributed by atoms with van der Waals surface area (Å²) in [7, 11) is -1.18. The van der Waals surface area contributed by atoms with Crippen molar-refractivity contribution < 1.29 is 27.5 Å². The van der Waals surface area contributed by atoms with Crippen molar-refractivity contribution in [3.05, 3.63) is 59.2 Å². The van der Waals surface area contributed by atoms with Crippen LogP contribution in [-0.2, 0) is 14.8 Å². The first-order chi connectivity index (χ1) is 14.6. The number of anilines is 1. The van der Waals surface area contributed by atoms with Crippen LogP contribution in [0.25, 0.3) is 10.9 Å². The van der Waals surface area contributed by atoms with Gasteiger partial charge in [-0.25, -0.2) is 13.2 Å². The molecule has 1 heterocycles. The predicted octanol–water partition coefficient (Wildman–Crippen LogP) is 3.58. The Morgan fingerprint density at radius 1 is 1.13 bits per heavy atom. The highest BCUT2D eigenvalue weighted by Gasteiger charge is 2.32. The number of rotatable bonds is 6. The lowest BCUT2D eigenvalue weighted by molar-refractivity contribution is 0.0603. The first-order valence-electron chi connectivity index (χ1n) is 9.15. The molecule has 0 aliphatic rings. The predicted molar refractivity (Wildman–Crippen MR) is 119 cm³/mol. The molecule has 3 aromatic rings. The Bertz CT molecular complexity index is 1270. The van der Waals surface area contributed by atoms with Crippen molar-refractivity contribution >= 4 is 50.1 Å². The first-order valence-corrected chi connectivity index (χ1v) is 11.4. The fourth-order valence-electron chi connectivity index (χ4n) is 3.43. The molecule has 10 heteroatoms. The molecular weight excluding hydrogens is 444 g/mol. The molecule has 1 atom stereocenters. The van der Waals surface area contributed by atoms with Gasteiger partial charge in [-0.05, 0) is 31.2 Å². The second kappa shape index (κ2) is 8.60. The molecule has 0 N–H and O–H groups in total. The number of hydrogen-bond donors (Lipinski definition) is 0. The summed E-state index contributed by atoms with van der Waals surface area (Å²) in [5.41, 5.74) is 0.872. The summed E-state index contributed by atoms with van der Waals surface area (Å²) in [6, 6.07) is 10.1. The molecule has 0 saturated heterocycles. The number of fused-ring (bicyclic) bond motifs is 1. The minimum absolute atomic E-state index is 0.202. The standard InChI is InChI=1S/C21H21ClN2O6S/c1-13(24(31(4,27)28)14-9-10-19(29-2)17(22)11-14)20(25)23-12-16(21(26)30-3)15-7-5-6-8-18(15)23/h5-13H,1-4H3. The number of aromatic nitrogens is 1. The zero-order valence-electron chi connectivity index (χ0n) is 17.3. The van der Waals surface area contributed by atoms with E-state index in [1.54, 1.807) is 24.3 Å². The molecule has 0 aliphatic heterocycles. The fraction of sp³-hybridized carbons (Fsp3) is 0.238. The van der Waals surface area contributed by atoms with Crippen molar-refractivity contribution in [3.63, 3.8) is 0 Å². The molecule has 0 bridgehead atoms. The summed E-state index contributed by atoms with van der Waals surface area (Å²) in [5.74, 6) is -0.780. The highest BCUT2D eigenvalue weighted by molar-refractivity contribution is 7.92. The van der Waals surface area contributed by atoms with Gasteiger partial charge in [0.2, 0.25) is 10.0 Å². The third kappa shape index (κ3) is 4.24. The quantitative estimate of drug-likeness (QED) is 0.517. The number of carbonyl (C=O) groups is 2. The highest BCUT2D eigenvalue weighted by Crippen LogP contribution is 2.32. The second-order valence-electron chi connectivity index (χ2n) is 6.81. The van der Waals surface area contributed by atoms with Crippen molar-refractivity contribution in [1.29, 1.82) is 0 Å². The van der Waals surface area contributed by atoms with Gasteiger partial charge in [0.15, 0.2) is 0 Å². The van der Waals surface area contributed by atoms with E-state index in [1.165, 1.54) is 50.1 Å². The van der Waals surface area contributed by atoms with Crippen LogP contribution in [0.15, 0.2) is 48.7 Å². The molecule has 3 rings (SSSR count). The van der Waals surface area contributed by atoms with Crippen molar-refractivity contribution in [1.82, 2.24) is 4.57 Å². The Kier molecular flexibility index (Phi) is 6.28. The van der Waals surface area contributed by atoms with Gasteiger partial charge in [0.05, 0.1) is 42.3 Å². The molecule has 0 amide bonds. The number of sulfonamides is 1. The first kappa shape index (κ1) is 22.6. The number of benzene rings is 2. The van der Waals surface area contributed by atoms with Crippen molar-refractivity contribution in [2.24, 2.45) is 0 Å². The fourth-order valence-corrected chi connectivity index (χ4v) is 4.84. The number of para-hydroxylation sites is 1. The largest absolute Gasteiger partial charge is 0.495 e. The molecule has 0 spiro atoms. The van der Waals surface area contributed by atoms with Gasteiger partial charge in [-0.2, -0.15) is 0 Å². The van der Waals surface area contributed by atoms with Crippen molar-refractivity contribution in [2.75, 3.05) is 24.8 Å². The molecule has 0 radical (unpaired) electrons. The Morgan fingerprint density at radius 3 is 2.39 bits per heavy atom. The molecule has 31 heavy (non-hydrogen) atoms. The van der Waals surface area contributed by atoms with E-state index in [1.807, 2.05) is 0 Å². The van der Waals surface area contributed by atoms with Crippen LogP contribution in [0.2, 0.25) is 5.02 Å². The summed E-state index contributed by atoms with van der Waals surface area (Å²) in [4.78, 5) is 25.6. The van der Waals surface area contributed by atoms with Gasteiger partial charge in [-0.3, -0.25) is 13.7 Å².